The summed E-state index contributed by atoms with van der Waals surface area (Å²) in [6.45, 7) is 4.49. The largest absolute Gasteiger partial charge is 0.391 e. The van der Waals surface area contributed by atoms with E-state index in [4.69, 9.17) is 0 Å². The van der Waals surface area contributed by atoms with Crippen LogP contribution in [0.5, 0.6) is 0 Å². The molecule has 0 rings (SSSR count). The smallest absolute Gasteiger partial charge is 0.266 e. The highest BCUT2D eigenvalue weighted by Crippen LogP contribution is 2.15. The maximum atomic E-state index is 12.4. The van der Waals surface area contributed by atoms with Gasteiger partial charge >= 0.3 is 0 Å². The van der Waals surface area contributed by atoms with Crippen molar-refractivity contribution >= 4 is 16.0 Å². The first-order chi connectivity index (χ1) is 20.3. The third-order valence-corrected chi connectivity index (χ3v) is 9.00. The van der Waals surface area contributed by atoms with Crippen LogP contribution < -0.4 is 5.32 Å². The Morgan fingerprint density at radius 1 is 0.619 bits per heavy atom. The average molecular weight is 616 g/mol. The van der Waals surface area contributed by atoms with Crippen molar-refractivity contribution in [3.63, 3.8) is 0 Å². The van der Waals surface area contributed by atoms with Crippen molar-refractivity contribution in [2.24, 2.45) is 0 Å². The SMILES string of the molecule is CCCCCCC/C=C\CCCCCCCC(=O)NC(CS(=O)(=O)O)C(O)CCCCCCCCCCCCCCC. The predicted molar refractivity (Wildman–Crippen MR) is 180 cm³/mol. The third-order valence-electron chi connectivity index (χ3n) is 8.22. The zero-order valence-electron chi connectivity index (χ0n) is 27.6. The number of carbonyl (C=O) groups excluding carboxylic acids is 1. The lowest BCUT2D eigenvalue weighted by molar-refractivity contribution is -0.122. The van der Waals surface area contributed by atoms with Gasteiger partial charge in [0.1, 0.15) is 0 Å². The molecule has 0 bridgehead atoms. The van der Waals surface area contributed by atoms with Crippen LogP contribution in [0.2, 0.25) is 0 Å². The van der Waals surface area contributed by atoms with Crippen LogP contribution in [0, 0.1) is 0 Å². The molecule has 0 aromatic rings. The standard InChI is InChI=1S/C35H69NO5S/c1-3-5-7-9-11-13-15-17-19-21-23-25-27-29-31-35(38)36-33(32-42(39,40)41)34(37)30-28-26-24-22-20-18-16-14-12-10-8-6-4-2/h15,17,33-34,37H,3-14,16,18-32H2,1-2H3,(H,36,38)(H,39,40,41)/b17-15-. The van der Waals surface area contributed by atoms with Crippen LogP contribution in [-0.4, -0.2) is 41.9 Å². The molecule has 2 unspecified atom stereocenters. The van der Waals surface area contributed by atoms with E-state index in [0.717, 1.165) is 51.4 Å². The molecule has 0 aliphatic heterocycles. The molecule has 0 aromatic heterocycles. The first kappa shape index (κ1) is 41.1. The van der Waals surface area contributed by atoms with Crippen LogP contribution in [0.4, 0.5) is 0 Å². The lowest BCUT2D eigenvalue weighted by Crippen LogP contribution is -2.47. The number of hydrogen-bond acceptors (Lipinski definition) is 4. The maximum absolute atomic E-state index is 12.4. The minimum Gasteiger partial charge on any atom is -0.391 e. The van der Waals surface area contributed by atoms with E-state index in [1.54, 1.807) is 0 Å². The molecule has 42 heavy (non-hydrogen) atoms. The predicted octanol–water partition coefficient (Wildman–Crippen LogP) is 9.85. The Bertz CT molecular complexity index is 725. The van der Waals surface area contributed by atoms with Gasteiger partial charge in [0.2, 0.25) is 5.91 Å². The number of hydrogen-bond donors (Lipinski definition) is 3. The number of carbonyl (C=O) groups is 1. The second kappa shape index (κ2) is 30.1. The molecule has 0 radical (unpaired) electrons. The number of aliphatic hydroxyl groups is 1. The molecule has 0 saturated heterocycles. The molecule has 1 amide bonds. The molecule has 0 aliphatic carbocycles. The fraction of sp³-hybridized carbons (Fsp3) is 0.914. The summed E-state index contributed by atoms with van der Waals surface area (Å²) in [5, 5.41) is 13.3. The molecule has 0 saturated carbocycles. The normalized spacial score (nSPS) is 13.5. The molecule has 0 fully saturated rings. The van der Waals surface area contributed by atoms with Gasteiger partial charge < -0.3 is 10.4 Å². The van der Waals surface area contributed by atoms with Gasteiger partial charge in [0.05, 0.1) is 17.9 Å². The Kier molecular flexibility index (Phi) is 29.5. The van der Waals surface area contributed by atoms with Crippen molar-refractivity contribution in [2.45, 2.75) is 199 Å². The van der Waals surface area contributed by atoms with Crippen LogP contribution in [0.3, 0.4) is 0 Å². The quantitative estimate of drug-likeness (QED) is 0.0397. The van der Waals surface area contributed by atoms with Gasteiger partial charge in [0, 0.05) is 6.42 Å². The van der Waals surface area contributed by atoms with Crippen LogP contribution in [0.1, 0.15) is 187 Å². The van der Waals surface area contributed by atoms with E-state index in [2.05, 4.69) is 31.3 Å². The van der Waals surface area contributed by atoms with Crippen LogP contribution in [0.25, 0.3) is 0 Å². The summed E-state index contributed by atoms with van der Waals surface area (Å²) < 4.78 is 32.4. The van der Waals surface area contributed by atoms with Crippen LogP contribution in [0.15, 0.2) is 12.2 Å². The number of allylic oxidation sites excluding steroid dienone is 2. The van der Waals surface area contributed by atoms with Crippen molar-refractivity contribution in [1.29, 1.82) is 0 Å². The van der Waals surface area contributed by atoms with Gasteiger partial charge in [-0.05, 0) is 38.5 Å². The van der Waals surface area contributed by atoms with Crippen molar-refractivity contribution in [1.82, 2.24) is 5.32 Å². The summed E-state index contributed by atoms with van der Waals surface area (Å²) in [5.41, 5.74) is 0. The fourth-order valence-electron chi connectivity index (χ4n) is 5.51. The van der Waals surface area contributed by atoms with E-state index in [1.807, 2.05) is 0 Å². The molecular formula is C35H69NO5S. The minimum atomic E-state index is -4.30. The molecule has 3 N–H and O–H groups in total. The Morgan fingerprint density at radius 2 is 1.00 bits per heavy atom. The minimum absolute atomic E-state index is 0.255. The van der Waals surface area contributed by atoms with E-state index in [0.29, 0.717) is 12.8 Å². The van der Waals surface area contributed by atoms with Crippen LogP contribution in [-0.2, 0) is 14.9 Å². The first-order valence-corrected chi connectivity index (χ1v) is 19.5. The molecule has 6 nitrogen and oxygen atoms in total. The van der Waals surface area contributed by atoms with Crippen molar-refractivity contribution in [2.75, 3.05) is 5.75 Å². The Hall–Kier alpha value is -0.920. The van der Waals surface area contributed by atoms with E-state index in [1.165, 1.54) is 109 Å². The van der Waals surface area contributed by atoms with Gasteiger partial charge in [-0.2, -0.15) is 8.42 Å². The zero-order chi connectivity index (χ0) is 31.2. The third kappa shape index (κ3) is 30.5. The van der Waals surface area contributed by atoms with Gasteiger partial charge in [0.25, 0.3) is 10.1 Å². The van der Waals surface area contributed by atoms with E-state index >= 15 is 0 Å². The Balaban J connectivity index is 3.95. The van der Waals surface area contributed by atoms with Gasteiger partial charge in [0.15, 0.2) is 0 Å². The number of unbranched alkanes of at least 4 members (excludes halogenated alkanes) is 22. The van der Waals surface area contributed by atoms with Crippen LogP contribution >= 0.6 is 0 Å². The molecule has 2 atom stereocenters. The number of rotatable bonds is 32. The highest BCUT2D eigenvalue weighted by molar-refractivity contribution is 7.85. The number of aliphatic hydroxyl groups excluding tert-OH is 1. The Morgan fingerprint density at radius 3 is 1.43 bits per heavy atom. The molecular weight excluding hydrogens is 546 g/mol. The highest BCUT2D eigenvalue weighted by atomic mass is 32.2. The topological polar surface area (TPSA) is 104 Å². The maximum Gasteiger partial charge on any atom is 0.266 e. The van der Waals surface area contributed by atoms with Gasteiger partial charge in [-0.3, -0.25) is 9.35 Å². The molecule has 0 spiro atoms. The molecule has 0 aromatic carbocycles. The summed E-state index contributed by atoms with van der Waals surface area (Å²) in [5.74, 6) is -0.903. The molecule has 250 valence electrons. The molecule has 7 heteroatoms. The molecule has 0 aliphatic rings. The monoisotopic (exact) mass is 615 g/mol. The first-order valence-electron chi connectivity index (χ1n) is 17.9. The second-order valence-electron chi connectivity index (χ2n) is 12.5. The van der Waals surface area contributed by atoms with Gasteiger partial charge in [-0.15, -0.1) is 0 Å². The van der Waals surface area contributed by atoms with Crippen molar-refractivity contribution in [3.8, 4) is 0 Å². The van der Waals surface area contributed by atoms with E-state index < -0.39 is 28.0 Å². The Labute approximate surface area is 261 Å². The lowest BCUT2D eigenvalue weighted by atomic mass is 10.0. The summed E-state index contributed by atoms with van der Waals surface area (Å²) in [6, 6.07) is -0.969. The van der Waals surface area contributed by atoms with Crippen molar-refractivity contribution < 1.29 is 22.9 Å². The average Bonchev–Trinajstić information content (AvgIpc) is 2.94. The second-order valence-corrected chi connectivity index (χ2v) is 14.0. The fourth-order valence-corrected chi connectivity index (χ4v) is 6.27. The zero-order valence-corrected chi connectivity index (χ0v) is 28.5. The van der Waals surface area contributed by atoms with Crippen molar-refractivity contribution in [3.05, 3.63) is 12.2 Å². The number of amides is 1. The summed E-state index contributed by atoms with van der Waals surface area (Å²) in [6.07, 6.45) is 34.4. The van der Waals surface area contributed by atoms with E-state index in [-0.39, 0.29) is 5.91 Å². The van der Waals surface area contributed by atoms with Gasteiger partial charge in [-0.25, -0.2) is 0 Å². The highest BCUT2D eigenvalue weighted by Gasteiger charge is 2.26. The van der Waals surface area contributed by atoms with Gasteiger partial charge in [-0.1, -0.05) is 154 Å². The number of nitrogens with one attached hydrogen (secondary N) is 1. The van der Waals surface area contributed by atoms with E-state index in [9.17, 15) is 22.9 Å². The summed E-state index contributed by atoms with van der Waals surface area (Å²) >= 11 is 0. The molecule has 0 heterocycles. The summed E-state index contributed by atoms with van der Waals surface area (Å²) in [4.78, 5) is 12.4. The lowest BCUT2D eigenvalue weighted by Gasteiger charge is -2.23. The summed E-state index contributed by atoms with van der Waals surface area (Å²) in [7, 11) is -4.30.